The van der Waals surface area contributed by atoms with Crippen LogP contribution in [-0.2, 0) is 23.8 Å². The van der Waals surface area contributed by atoms with Gasteiger partial charge in [0.1, 0.15) is 0 Å². The molecular formula is C14H13Cl3O5. The molecule has 0 heterocycles. The van der Waals surface area contributed by atoms with Gasteiger partial charge in [0.25, 0.3) is 0 Å². The highest BCUT2D eigenvalue weighted by Gasteiger charge is 2.37. The lowest BCUT2D eigenvalue weighted by atomic mass is 10.1. The van der Waals surface area contributed by atoms with Crippen molar-refractivity contribution in [2.24, 2.45) is 0 Å². The fourth-order valence-corrected chi connectivity index (χ4v) is 2.00. The molecule has 0 aliphatic heterocycles. The standard InChI is InChI=1S/C14H13Cl3O5/c1-20-11(18)8-10(13(19)21-2)22-12(14(15,16)17)9-6-4-3-5-7-9/h3-8,12H,1-2H3/b10-8+. The van der Waals surface area contributed by atoms with Crippen LogP contribution in [0, 0.1) is 0 Å². The Morgan fingerprint density at radius 3 is 2.14 bits per heavy atom. The Labute approximate surface area is 142 Å². The number of hydrogen-bond acceptors (Lipinski definition) is 5. The van der Waals surface area contributed by atoms with E-state index in [1.54, 1.807) is 30.3 Å². The van der Waals surface area contributed by atoms with Crippen molar-refractivity contribution in [3.63, 3.8) is 0 Å². The molecule has 0 aromatic heterocycles. The summed E-state index contributed by atoms with van der Waals surface area (Å²) in [7, 11) is 2.28. The van der Waals surface area contributed by atoms with Crippen LogP contribution in [0.1, 0.15) is 11.7 Å². The van der Waals surface area contributed by atoms with Crippen LogP contribution < -0.4 is 0 Å². The number of carbonyl (C=O) groups excluding carboxylic acids is 2. The minimum atomic E-state index is -1.88. The molecule has 0 spiro atoms. The molecule has 1 aromatic rings. The monoisotopic (exact) mass is 366 g/mol. The molecule has 0 N–H and O–H groups in total. The van der Waals surface area contributed by atoms with Gasteiger partial charge in [-0.25, -0.2) is 9.59 Å². The molecule has 1 aromatic carbocycles. The van der Waals surface area contributed by atoms with Crippen molar-refractivity contribution in [2.75, 3.05) is 14.2 Å². The number of rotatable bonds is 5. The van der Waals surface area contributed by atoms with E-state index in [9.17, 15) is 9.59 Å². The summed E-state index contributed by atoms with van der Waals surface area (Å²) in [6.45, 7) is 0. The van der Waals surface area contributed by atoms with Gasteiger partial charge in [-0.3, -0.25) is 0 Å². The summed E-state index contributed by atoms with van der Waals surface area (Å²) in [5.41, 5.74) is 0.502. The Hall–Kier alpha value is -1.43. The van der Waals surface area contributed by atoms with E-state index in [0.717, 1.165) is 20.3 Å². The van der Waals surface area contributed by atoms with Gasteiger partial charge < -0.3 is 14.2 Å². The molecule has 8 heteroatoms. The predicted octanol–water partition coefficient (Wildman–Crippen LogP) is 3.34. The zero-order valence-corrected chi connectivity index (χ0v) is 14.0. The molecule has 0 aliphatic rings. The SMILES string of the molecule is COC(=O)/C=C(/OC(c1ccccc1)C(Cl)(Cl)Cl)C(=O)OC. The average molecular weight is 368 g/mol. The van der Waals surface area contributed by atoms with Gasteiger partial charge in [-0.1, -0.05) is 65.1 Å². The topological polar surface area (TPSA) is 61.8 Å². The van der Waals surface area contributed by atoms with Gasteiger partial charge in [-0.15, -0.1) is 0 Å². The summed E-state index contributed by atoms with van der Waals surface area (Å²) in [6, 6.07) is 8.50. The second-order valence-corrected chi connectivity index (χ2v) is 6.34. The first-order valence-electron chi connectivity index (χ1n) is 5.96. The van der Waals surface area contributed by atoms with Crippen LogP contribution in [0.25, 0.3) is 0 Å². The lowest BCUT2D eigenvalue weighted by Crippen LogP contribution is -2.23. The van der Waals surface area contributed by atoms with Gasteiger partial charge in [0.2, 0.25) is 9.55 Å². The fourth-order valence-electron chi connectivity index (χ4n) is 1.49. The molecule has 0 aliphatic carbocycles. The molecule has 1 atom stereocenters. The maximum atomic E-state index is 11.7. The second-order valence-electron chi connectivity index (χ2n) is 3.97. The lowest BCUT2D eigenvalue weighted by Gasteiger charge is -2.26. The second kappa shape index (κ2) is 8.27. The Kier molecular flexibility index (Phi) is 7.00. The fraction of sp³-hybridized carbons (Fsp3) is 0.286. The van der Waals surface area contributed by atoms with Crippen molar-refractivity contribution in [1.29, 1.82) is 0 Å². The zero-order chi connectivity index (χ0) is 16.8. The molecule has 120 valence electrons. The third-order valence-corrected chi connectivity index (χ3v) is 3.08. The van der Waals surface area contributed by atoms with Gasteiger partial charge in [-0.05, 0) is 5.56 Å². The van der Waals surface area contributed by atoms with Crippen LogP contribution in [0.3, 0.4) is 0 Å². The number of carbonyl (C=O) groups is 2. The molecule has 0 amide bonds. The van der Waals surface area contributed by atoms with Crippen molar-refractivity contribution in [2.45, 2.75) is 9.90 Å². The molecule has 1 unspecified atom stereocenters. The summed E-state index contributed by atoms with van der Waals surface area (Å²) in [5.74, 6) is -2.15. The molecule has 22 heavy (non-hydrogen) atoms. The summed E-state index contributed by atoms with van der Waals surface area (Å²) >= 11 is 17.7. The van der Waals surface area contributed by atoms with Gasteiger partial charge >= 0.3 is 11.9 Å². The van der Waals surface area contributed by atoms with E-state index in [1.165, 1.54) is 0 Å². The number of ether oxygens (including phenoxy) is 3. The highest BCUT2D eigenvalue weighted by molar-refractivity contribution is 6.68. The number of methoxy groups -OCH3 is 2. The number of alkyl halides is 3. The smallest absolute Gasteiger partial charge is 0.373 e. The van der Waals surface area contributed by atoms with Crippen molar-refractivity contribution in [3.8, 4) is 0 Å². The normalized spacial score (nSPS) is 13.2. The first-order chi connectivity index (χ1) is 10.3. The van der Waals surface area contributed by atoms with Gasteiger partial charge in [0, 0.05) is 0 Å². The van der Waals surface area contributed by atoms with Crippen LogP contribution in [-0.4, -0.2) is 30.0 Å². The number of benzene rings is 1. The van der Waals surface area contributed by atoms with Gasteiger partial charge in [0.15, 0.2) is 6.10 Å². The van der Waals surface area contributed by atoms with E-state index in [1.807, 2.05) is 0 Å². The number of halogens is 3. The summed E-state index contributed by atoms with van der Waals surface area (Å²) in [6.07, 6.45) is -0.313. The first-order valence-corrected chi connectivity index (χ1v) is 7.09. The van der Waals surface area contributed by atoms with Crippen LogP contribution in [0.5, 0.6) is 0 Å². The maximum absolute atomic E-state index is 11.7. The quantitative estimate of drug-likeness (QED) is 0.346. The molecule has 0 saturated heterocycles. The summed E-state index contributed by atoms with van der Waals surface area (Å²) in [4.78, 5) is 23.0. The Bertz CT molecular complexity index is 551. The molecule has 0 bridgehead atoms. The predicted molar refractivity (Wildman–Crippen MR) is 82.7 cm³/mol. The molecule has 0 saturated carbocycles. The first kappa shape index (κ1) is 18.6. The van der Waals surface area contributed by atoms with E-state index in [2.05, 4.69) is 9.47 Å². The van der Waals surface area contributed by atoms with E-state index < -0.39 is 27.6 Å². The minimum Gasteiger partial charge on any atom is -0.474 e. The highest BCUT2D eigenvalue weighted by Crippen LogP contribution is 2.43. The molecule has 0 radical (unpaired) electrons. The largest absolute Gasteiger partial charge is 0.474 e. The van der Waals surface area contributed by atoms with Crippen LogP contribution in [0.4, 0.5) is 0 Å². The average Bonchev–Trinajstić information content (AvgIpc) is 2.49. The Morgan fingerprint density at radius 2 is 1.68 bits per heavy atom. The lowest BCUT2D eigenvalue weighted by molar-refractivity contribution is -0.143. The van der Waals surface area contributed by atoms with Gasteiger partial charge in [-0.2, -0.15) is 0 Å². The molecular weight excluding hydrogens is 355 g/mol. The van der Waals surface area contributed by atoms with Crippen LogP contribution in [0.2, 0.25) is 0 Å². The van der Waals surface area contributed by atoms with Crippen LogP contribution in [0.15, 0.2) is 42.2 Å². The summed E-state index contributed by atoms with van der Waals surface area (Å²) < 4.78 is 12.5. The van der Waals surface area contributed by atoms with E-state index in [4.69, 9.17) is 39.5 Å². The van der Waals surface area contributed by atoms with Crippen molar-refractivity contribution < 1.29 is 23.8 Å². The Balaban J connectivity index is 3.17. The van der Waals surface area contributed by atoms with Crippen molar-refractivity contribution in [3.05, 3.63) is 47.7 Å². The van der Waals surface area contributed by atoms with E-state index in [-0.39, 0.29) is 0 Å². The third-order valence-electron chi connectivity index (χ3n) is 2.48. The molecule has 0 fully saturated rings. The molecule has 5 nitrogen and oxygen atoms in total. The third kappa shape index (κ3) is 5.40. The number of hydrogen-bond donors (Lipinski definition) is 0. The van der Waals surface area contributed by atoms with Crippen LogP contribution >= 0.6 is 34.8 Å². The Morgan fingerprint density at radius 1 is 1.09 bits per heavy atom. The highest BCUT2D eigenvalue weighted by atomic mass is 35.6. The summed E-state index contributed by atoms with van der Waals surface area (Å²) in [5, 5.41) is 0. The van der Waals surface area contributed by atoms with E-state index in [0.29, 0.717) is 5.56 Å². The maximum Gasteiger partial charge on any atom is 0.373 e. The van der Waals surface area contributed by atoms with Crippen molar-refractivity contribution >= 4 is 46.7 Å². The van der Waals surface area contributed by atoms with E-state index >= 15 is 0 Å². The number of esters is 2. The van der Waals surface area contributed by atoms with Crippen molar-refractivity contribution in [1.82, 2.24) is 0 Å². The minimum absolute atomic E-state index is 0.436. The molecule has 1 rings (SSSR count). The van der Waals surface area contributed by atoms with Gasteiger partial charge in [0.05, 0.1) is 20.3 Å². The zero-order valence-electron chi connectivity index (χ0n) is 11.7.